The number of aromatic carboxylic acids is 1. The Labute approximate surface area is 168 Å². The number of ether oxygens (including phenoxy) is 1. The summed E-state index contributed by atoms with van der Waals surface area (Å²) in [5.41, 5.74) is 0.863. The maximum Gasteiger partial charge on any atom is 0.408 e. The highest BCUT2D eigenvalue weighted by molar-refractivity contribution is 5.95. The third-order valence-electron chi connectivity index (χ3n) is 3.87. The predicted molar refractivity (Wildman–Crippen MR) is 104 cm³/mol. The van der Waals surface area contributed by atoms with Gasteiger partial charge in [-0.3, -0.25) is 4.79 Å². The van der Waals surface area contributed by atoms with Crippen LogP contribution in [0.5, 0.6) is 0 Å². The molecule has 0 saturated carbocycles. The number of benzene rings is 1. The minimum Gasteiger partial charge on any atom is -0.477 e. The van der Waals surface area contributed by atoms with Gasteiger partial charge < -0.3 is 25.0 Å². The Morgan fingerprint density at radius 1 is 1.28 bits per heavy atom. The van der Waals surface area contributed by atoms with E-state index < -0.39 is 23.7 Å². The second kappa shape index (κ2) is 8.76. The van der Waals surface area contributed by atoms with Crippen molar-refractivity contribution in [3.05, 3.63) is 41.2 Å². The molecule has 1 aromatic carbocycles. The highest BCUT2D eigenvalue weighted by atomic mass is 16.6. The summed E-state index contributed by atoms with van der Waals surface area (Å²) in [6.45, 7) is 8.46. The Balaban J connectivity index is 2.02. The average Bonchev–Trinajstić information content (AvgIpc) is 3.00. The van der Waals surface area contributed by atoms with Crippen molar-refractivity contribution in [2.75, 3.05) is 0 Å². The van der Waals surface area contributed by atoms with Crippen molar-refractivity contribution in [3.8, 4) is 11.3 Å². The van der Waals surface area contributed by atoms with Crippen LogP contribution in [0.15, 0.2) is 28.8 Å². The van der Waals surface area contributed by atoms with Crippen LogP contribution < -0.4 is 10.6 Å². The van der Waals surface area contributed by atoms with Crippen LogP contribution in [0.25, 0.3) is 11.3 Å². The smallest absolute Gasteiger partial charge is 0.408 e. The number of hydrogen-bond donors (Lipinski definition) is 3. The van der Waals surface area contributed by atoms with Crippen LogP contribution >= 0.6 is 0 Å². The molecule has 0 saturated heterocycles. The molecule has 2 aromatic rings. The summed E-state index contributed by atoms with van der Waals surface area (Å²) in [5.74, 6) is -1.29. The lowest BCUT2D eigenvalue weighted by atomic mass is 10.0. The summed E-state index contributed by atoms with van der Waals surface area (Å²) in [4.78, 5) is 35.4. The number of carboxylic acid groups (broad SMARTS) is 1. The van der Waals surface area contributed by atoms with Gasteiger partial charge in [-0.1, -0.05) is 23.4 Å². The number of rotatable bonds is 6. The van der Waals surface area contributed by atoms with Gasteiger partial charge in [0.15, 0.2) is 0 Å². The number of aryl methyl sites for hydroxylation is 1. The number of aromatic nitrogens is 1. The van der Waals surface area contributed by atoms with E-state index in [1.165, 1.54) is 6.92 Å². The Morgan fingerprint density at radius 2 is 1.97 bits per heavy atom. The largest absolute Gasteiger partial charge is 0.477 e. The summed E-state index contributed by atoms with van der Waals surface area (Å²) < 4.78 is 10.1. The van der Waals surface area contributed by atoms with Gasteiger partial charge in [-0.25, -0.2) is 9.59 Å². The molecule has 1 aromatic heterocycles. The Bertz CT molecular complexity index is 913. The van der Waals surface area contributed by atoms with E-state index in [-0.39, 0.29) is 29.5 Å². The molecule has 2 rings (SSSR count). The number of alkyl carbamates (subject to hydrolysis) is 1. The van der Waals surface area contributed by atoms with Gasteiger partial charge in [0.1, 0.15) is 28.7 Å². The Kier molecular flexibility index (Phi) is 6.63. The highest BCUT2D eigenvalue weighted by Gasteiger charge is 2.22. The number of nitrogens with zero attached hydrogens (tertiary/aromatic N) is 1. The van der Waals surface area contributed by atoms with Gasteiger partial charge in [-0.2, -0.15) is 0 Å². The van der Waals surface area contributed by atoms with Gasteiger partial charge in [0, 0.05) is 12.1 Å². The van der Waals surface area contributed by atoms with Crippen molar-refractivity contribution >= 4 is 18.0 Å². The van der Waals surface area contributed by atoms with E-state index in [1.54, 1.807) is 52.0 Å². The lowest BCUT2D eigenvalue weighted by Gasteiger charge is -2.21. The fourth-order valence-electron chi connectivity index (χ4n) is 2.54. The summed E-state index contributed by atoms with van der Waals surface area (Å²) in [5, 5.41) is 18.4. The molecule has 0 bridgehead atoms. The minimum atomic E-state index is -1.13. The van der Waals surface area contributed by atoms with Crippen molar-refractivity contribution in [2.45, 2.75) is 52.8 Å². The predicted octanol–water partition coefficient (Wildman–Crippen LogP) is 2.88. The van der Waals surface area contributed by atoms with Gasteiger partial charge in [-0.15, -0.1) is 0 Å². The zero-order chi connectivity index (χ0) is 21.8. The number of hydrogen-bond acceptors (Lipinski definition) is 6. The first-order chi connectivity index (χ1) is 13.5. The van der Waals surface area contributed by atoms with Gasteiger partial charge >= 0.3 is 12.1 Å². The maximum atomic E-state index is 12.2. The molecule has 29 heavy (non-hydrogen) atoms. The summed E-state index contributed by atoms with van der Waals surface area (Å²) in [6, 6.07) is 6.15. The van der Waals surface area contributed by atoms with Gasteiger partial charge in [-0.05, 0) is 46.2 Å². The minimum absolute atomic E-state index is 0.00127. The average molecular weight is 403 g/mol. The van der Waals surface area contributed by atoms with Gasteiger partial charge in [0.05, 0.1) is 0 Å². The molecule has 0 unspecified atom stereocenters. The zero-order valence-corrected chi connectivity index (χ0v) is 17.0. The van der Waals surface area contributed by atoms with Crippen molar-refractivity contribution in [3.63, 3.8) is 0 Å². The molecule has 9 nitrogen and oxygen atoms in total. The van der Waals surface area contributed by atoms with Crippen LogP contribution in [0.1, 0.15) is 49.4 Å². The van der Waals surface area contributed by atoms with Crippen LogP contribution in [0.4, 0.5) is 4.79 Å². The molecule has 0 radical (unpaired) electrons. The van der Waals surface area contributed by atoms with Crippen LogP contribution in [0.3, 0.4) is 0 Å². The first kappa shape index (κ1) is 21.9. The van der Waals surface area contributed by atoms with Crippen molar-refractivity contribution in [1.82, 2.24) is 15.8 Å². The quantitative estimate of drug-likeness (QED) is 0.676. The molecule has 0 aliphatic rings. The molecule has 156 valence electrons. The number of carbonyl (C=O) groups excluding carboxylic acids is 2. The van der Waals surface area contributed by atoms with E-state index in [1.807, 2.05) is 0 Å². The molecule has 1 heterocycles. The van der Waals surface area contributed by atoms with Crippen LogP contribution in [-0.4, -0.2) is 39.9 Å². The molecule has 2 amide bonds. The van der Waals surface area contributed by atoms with Crippen LogP contribution in [-0.2, 0) is 16.1 Å². The molecule has 0 spiro atoms. The second-order valence-electron chi connectivity index (χ2n) is 7.55. The lowest BCUT2D eigenvalue weighted by molar-refractivity contribution is -0.122. The van der Waals surface area contributed by atoms with E-state index in [2.05, 4.69) is 15.8 Å². The summed E-state index contributed by atoms with van der Waals surface area (Å²) in [6.07, 6.45) is -0.676. The normalized spacial score (nSPS) is 12.2. The van der Waals surface area contributed by atoms with Crippen molar-refractivity contribution < 1.29 is 28.8 Å². The third kappa shape index (κ3) is 6.06. The van der Waals surface area contributed by atoms with Gasteiger partial charge in [0.2, 0.25) is 5.91 Å². The fourth-order valence-corrected chi connectivity index (χ4v) is 2.54. The zero-order valence-electron chi connectivity index (χ0n) is 17.0. The lowest BCUT2D eigenvalue weighted by Crippen LogP contribution is -2.46. The highest BCUT2D eigenvalue weighted by Crippen LogP contribution is 2.26. The number of nitrogens with one attached hydrogen (secondary N) is 2. The number of amides is 2. The molecule has 1 atom stereocenters. The van der Waals surface area contributed by atoms with E-state index >= 15 is 0 Å². The standard InChI is InChI=1S/C20H25N3O6/c1-11(22-19(27)28-20(3,4)5)17(24)21-10-13-7-6-8-14(9-13)16-15(18(25)26)12(2)29-23-16/h6-9,11H,10H2,1-5H3,(H,21,24)(H,22,27)(H,25,26)/t11-/m0/s1. The topological polar surface area (TPSA) is 131 Å². The summed E-state index contributed by atoms with van der Waals surface area (Å²) >= 11 is 0. The van der Waals surface area contributed by atoms with E-state index in [0.29, 0.717) is 5.56 Å². The van der Waals surface area contributed by atoms with E-state index in [0.717, 1.165) is 5.56 Å². The monoisotopic (exact) mass is 403 g/mol. The Hall–Kier alpha value is -3.36. The van der Waals surface area contributed by atoms with Crippen LogP contribution in [0.2, 0.25) is 0 Å². The SMILES string of the molecule is Cc1onc(-c2cccc(CNC(=O)[C@H](C)NC(=O)OC(C)(C)C)c2)c1C(=O)O. The molecular weight excluding hydrogens is 378 g/mol. The Morgan fingerprint density at radius 3 is 2.59 bits per heavy atom. The van der Waals surface area contributed by atoms with Crippen molar-refractivity contribution in [1.29, 1.82) is 0 Å². The second-order valence-corrected chi connectivity index (χ2v) is 7.55. The third-order valence-corrected chi connectivity index (χ3v) is 3.87. The van der Waals surface area contributed by atoms with Gasteiger partial charge in [0.25, 0.3) is 0 Å². The first-order valence-electron chi connectivity index (χ1n) is 9.04. The number of carbonyl (C=O) groups is 3. The summed E-state index contributed by atoms with van der Waals surface area (Å²) in [7, 11) is 0. The molecule has 9 heteroatoms. The fraction of sp³-hybridized carbons (Fsp3) is 0.400. The molecule has 0 aliphatic carbocycles. The van der Waals surface area contributed by atoms with E-state index in [9.17, 15) is 19.5 Å². The first-order valence-corrected chi connectivity index (χ1v) is 9.04. The maximum absolute atomic E-state index is 12.2. The van der Waals surface area contributed by atoms with Crippen molar-refractivity contribution in [2.24, 2.45) is 0 Å². The number of carboxylic acids is 1. The van der Waals surface area contributed by atoms with E-state index in [4.69, 9.17) is 9.26 Å². The molecule has 0 aliphatic heterocycles. The molecule has 3 N–H and O–H groups in total. The molecule has 0 fully saturated rings. The van der Waals surface area contributed by atoms with Crippen LogP contribution in [0, 0.1) is 6.92 Å². The molecular formula is C20H25N3O6.